The van der Waals surface area contributed by atoms with Gasteiger partial charge in [-0.15, -0.1) is 0 Å². The van der Waals surface area contributed by atoms with Gasteiger partial charge in [0.2, 0.25) is 6.23 Å². The number of hydrogen-bond acceptors (Lipinski definition) is 2. The summed E-state index contributed by atoms with van der Waals surface area (Å²) in [6, 6.07) is 0. The molecule has 0 bridgehead atoms. The third-order valence-corrected chi connectivity index (χ3v) is 2.80. The van der Waals surface area contributed by atoms with Crippen LogP contribution in [0.25, 0.3) is 0 Å². The van der Waals surface area contributed by atoms with Gasteiger partial charge in [0.15, 0.2) is 0 Å². The van der Waals surface area contributed by atoms with Crippen molar-refractivity contribution in [3.05, 3.63) is 0 Å². The van der Waals surface area contributed by atoms with Gasteiger partial charge in [-0.05, 0) is 20.3 Å². The lowest BCUT2D eigenvalue weighted by Gasteiger charge is -2.32. The zero-order valence-electron chi connectivity index (χ0n) is 10.5. The predicted octanol–water partition coefficient (Wildman–Crippen LogP) is 2.02. The number of carbonyl (C=O) groups is 1. The van der Waals surface area contributed by atoms with E-state index in [4.69, 9.17) is 4.74 Å². The van der Waals surface area contributed by atoms with E-state index in [-0.39, 0.29) is 17.6 Å². The van der Waals surface area contributed by atoms with Crippen molar-refractivity contribution in [1.29, 1.82) is 0 Å². The van der Waals surface area contributed by atoms with E-state index in [2.05, 4.69) is 0 Å². The fourth-order valence-electron chi connectivity index (χ4n) is 0.617. The number of hydrogen-bond donors (Lipinski definition) is 0. The standard InChI is InChI=1S/C11H24NO2/c1-8-11(3,4)10(13)14-9(2)12(5,6)7/h9H,8H2,1-7H3/q+1. The van der Waals surface area contributed by atoms with Gasteiger partial charge in [-0.1, -0.05) is 6.92 Å². The van der Waals surface area contributed by atoms with Crippen molar-refractivity contribution in [3.8, 4) is 0 Å². The summed E-state index contributed by atoms with van der Waals surface area (Å²) in [5.41, 5.74) is -0.372. The molecule has 0 radical (unpaired) electrons. The Bertz CT molecular complexity index is 204. The fourth-order valence-corrected chi connectivity index (χ4v) is 0.617. The van der Waals surface area contributed by atoms with Crippen LogP contribution in [0.4, 0.5) is 0 Å². The summed E-state index contributed by atoms with van der Waals surface area (Å²) < 4.78 is 6.03. The lowest BCUT2D eigenvalue weighted by Crippen LogP contribution is -2.47. The molecule has 0 heterocycles. The lowest BCUT2D eigenvalue weighted by atomic mass is 9.91. The van der Waals surface area contributed by atoms with Crippen LogP contribution < -0.4 is 0 Å². The van der Waals surface area contributed by atoms with Crippen molar-refractivity contribution in [2.75, 3.05) is 21.1 Å². The molecule has 0 amide bonds. The zero-order chi connectivity index (χ0) is 11.6. The minimum atomic E-state index is -0.372. The third-order valence-electron chi connectivity index (χ3n) is 2.80. The Hall–Kier alpha value is -0.570. The second kappa shape index (κ2) is 4.30. The summed E-state index contributed by atoms with van der Waals surface area (Å²) in [5, 5.41) is 0. The van der Waals surface area contributed by atoms with Crippen LogP contribution in [-0.4, -0.2) is 37.8 Å². The first-order chi connectivity index (χ1) is 6.11. The summed E-state index contributed by atoms with van der Waals surface area (Å²) in [4.78, 5) is 11.7. The Labute approximate surface area is 87.6 Å². The number of esters is 1. The SMILES string of the molecule is CCC(C)(C)C(=O)OC(C)[N+](C)(C)C. The first kappa shape index (κ1) is 13.4. The van der Waals surface area contributed by atoms with Crippen molar-refractivity contribution in [1.82, 2.24) is 0 Å². The molecule has 0 N–H and O–H groups in total. The molecule has 1 unspecified atom stereocenters. The van der Waals surface area contributed by atoms with Crippen molar-refractivity contribution in [3.63, 3.8) is 0 Å². The first-order valence-electron chi connectivity index (χ1n) is 5.13. The van der Waals surface area contributed by atoms with E-state index in [9.17, 15) is 4.79 Å². The Balaban J connectivity index is 4.35. The van der Waals surface area contributed by atoms with E-state index in [1.165, 1.54) is 0 Å². The maximum absolute atomic E-state index is 11.7. The molecule has 14 heavy (non-hydrogen) atoms. The highest BCUT2D eigenvalue weighted by molar-refractivity contribution is 5.75. The van der Waals surface area contributed by atoms with Crippen LogP contribution in [-0.2, 0) is 9.53 Å². The van der Waals surface area contributed by atoms with Gasteiger partial charge in [0.05, 0.1) is 26.6 Å². The second-order valence-corrected chi connectivity index (χ2v) is 5.36. The number of nitrogens with zero attached hydrogens (tertiary/aromatic N) is 1. The maximum atomic E-state index is 11.7. The topological polar surface area (TPSA) is 26.3 Å². The van der Waals surface area contributed by atoms with Crippen LogP contribution >= 0.6 is 0 Å². The quantitative estimate of drug-likeness (QED) is 0.396. The highest BCUT2D eigenvalue weighted by Crippen LogP contribution is 2.23. The van der Waals surface area contributed by atoms with Crippen molar-refractivity contribution < 1.29 is 14.0 Å². The summed E-state index contributed by atoms with van der Waals surface area (Å²) >= 11 is 0. The molecule has 3 nitrogen and oxygen atoms in total. The van der Waals surface area contributed by atoms with Crippen LogP contribution in [0.5, 0.6) is 0 Å². The Morgan fingerprint density at radius 2 is 1.79 bits per heavy atom. The second-order valence-electron chi connectivity index (χ2n) is 5.36. The summed E-state index contributed by atoms with van der Waals surface area (Å²) in [7, 11) is 6.03. The molecule has 0 spiro atoms. The molecular formula is C11H24NO2+. The van der Waals surface area contributed by atoms with Gasteiger partial charge in [-0.2, -0.15) is 0 Å². The summed E-state index contributed by atoms with van der Waals surface area (Å²) in [6.45, 7) is 7.75. The normalized spacial score (nSPS) is 15.1. The van der Waals surface area contributed by atoms with Gasteiger partial charge in [0.25, 0.3) is 0 Å². The summed E-state index contributed by atoms with van der Waals surface area (Å²) in [5.74, 6) is -0.111. The predicted molar refractivity (Wildman–Crippen MR) is 57.7 cm³/mol. The van der Waals surface area contributed by atoms with Gasteiger partial charge in [0.1, 0.15) is 0 Å². The van der Waals surface area contributed by atoms with Gasteiger partial charge in [-0.3, -0.25) is 9.28 Å². The zero-order valence-corrected chi connectivity index (χ0v) is 10.5. The van der Waals surface area contributed by atoms with Gasteiger partial charge in [0, 0.05) is 6.92 Å². The smallest absolute Gasteiger partial charge is 0.315 e. The van der Waals surface area contributed by atoms with Crippen LogP contribution in [0.3, 0.4) is 0 Å². The van der Waals surface area contributed by atoms with Crippen molar-refractivity contribution >= 4 is 5.97 Å². The highest BCUT2D eigenvalue weighted by atomic mass is 16.6. The molecule has 0 saturated heterocycles. The minimum absolute atomic E-state index is 0.103. The Morgan fingerprint density at radius 1 is 1.36 bits per heavy atom. The fraction of sp³-hybridized carbons (Fsp3) is 0.909. The molecule has 0 saturated carbocycles. The van der Waals surface area contributed by atoms with E-state index in [1.54, 1.807) is 0 Å². The average molecular weight is 202 g/mol. The maximum Gasteiger partial charge on any atom is 0.315 e. The van der Waals surface area contributed by atoms with E-state index in [0.717, 1.165) is 6.42 Å². The molecule has 3 heteroatoms. The van der Waals surface area contributed by atoms with Gasteiger partial charge >= 0.3 is 5.97 Å². The molecule has 0 aliphatic carbocycles. The molecule has 0 aliphatic heterocycles. The van der Waals surface area contributed by atoms with Crippen LogP contribution in [0.1, 0.15) is 34.1 Å². The van der Waals surface area contributed by atoms with Gasteiger partial charge < -0.3 is 4.74 Å². The van der Waals surface area contributed by atoms with E-state index in [1.807, 2.05) is 48.8 Å². The molecule has 84 valence electrons. The molecule has 0 rings (SSSR count). The third kappa shape index (κ3) is 3.66. The molecule has 0 aromatic heterocycles. The largest absolute Gasteiger partial charge is 0.412 e. The van der Waals surface area contributed by atoms with Gasteiger partial charge in [-0.25, -0.2) is 0 Å². The Kier molecular flexibility index (Phi) is 4.13. The van der Waals surface area contributed by atoms with Crippen LogP contribution in [0.15, 0.2) is 0 Å². The number of carbonyl (C=O) groups excluding carboxylic acids is 1. The van der Waals surface area contributed by atoms with E-state index < -0.39 is 0 Å². The van der Waals surface area contributed by atoms with E-state index in [0.29, 0.717) is 4.48 Å². The number of quaternary nitrogens is 1. The Morgan fingerprint density at radius 3 is 2.07 bits per heavy atom. The summed E-state index contributed by atoms with van der Waals surface area (Å²) in [6.07, 6.45) is 0.698. The lowest BCUT2D eigenvalue weighted by molar-refractivity contribution is -0.914. The van der Waals surface area contributed by atoms with Crippen LogP contribution in [0, 0.1) is 5.41 Å². The van der Waals surface area contributed by atoms with Crippen LogP contribution in [0.2, 0.25) is 0 Å². The van der Waals surface area contributed by atoms with Crippen molar-refractivity contribution in [2.24, 2.45) is 5.41 Å². The number of rotatable bonds is 4. The van der Waals surface area contributed by atoms with E-state index >= 15 is 0 Å². The molecular weight excluding hydrogens is 178 g/mol. The average Bonchev–Trinajstić information content (AvgIpc) is 2.02. The molecule has 0 fully saturated rings. The molecule has 0 aromatic rings. The minimum Gasteiger partial charge on any atom is -0.412 e. The monoisotopic (exact) mass is 202 g/mol. The molecule has 0 aromatic carbocycles. The molecule has 1 atom stereocenters. The van der Waals surface area contributed by atoms with Crippen molar-refractivity contribution in [2.45, 2.75) is 40.3 Å². The first-order valence-corrected chi connectivity index (χ1v) is 5.13. The molecule has 0 aliphatic rings. The highest BCUT2D eigenvalue weighted by Gasteiger charge is 2.31. The number of ether oxygens (including phenoxy) is 1.